The number of nitriles is 1. The van der Waals surface area contributed by atoms with Crippen LogP contribution in [0.4, 0.5) is 0 Å². The number of nitrogens with zero attached hydrogens (tertiary/aromatic N) is 1. The molecule has 0 saturated heterocycles. The van der Waals surface area contributed by atoms with Gasteiger partial charge in [-0.25, -0.2) is 0 Å². The van der Waals surface area contributed by atoms with Crippen LogP contribution in [0.5, 0.6) is 0 Å². The Morgan fingerprint density at radius 2 is 1.83 bits per heavy atom. The summed E-state index contributed by atoms with van der Waals surface area (Å²) in [5.41, 5.74) is 3.00. The van der Waals surface area contributed by atoms with Gasteiger partial charge in [-0.15, -0.1) is 0 Å². The van der Waals surface area contributed by atoms with Crippen molar-refractivity contribution in [3.05, 3.63) is 83.6 Å². The highest BCUT2D eigenvalue weighted by Gasteiger charge is 2.12. The summed E-state index contributed by atoms with van der Waals surface area (Å²) >= 11 is 0. The Bertz CT molecular complexity index is 656. The number of hydrogen-bond donors (Lipinski definition) is 1. The molecule has 1 unspecified atom stereocenters. The maximum absolute atomic E-state index is 8.80. The number of nitrogens with one attached hydrogen (secondary N) is 1. The first-order valence-electron chi connectivity index (χ1n) is 7.74. The van der Waals surface area contributed by atoms with Gasteiger partial charge >= 0.3 is 0 Å². The van der Waals surface area contributed by atoms with Crippen LogP contribution in [0.1, 0.15) is 23.1 Å². The van der Waals surface area contributed by atoms with E-state index in [1.807, 2.05) is 25.2 Å². The molecule has 0 spiro atoms. The number of aryl methyl sites for hydroxylation is 1. The van der Waals surface area contributed by atoms with E-state index < -0.39 is 0 Å². The Balaban J connectivity index is 1.83. The maximum atomic E-state index is 8.80. The molecule has 0 fully saturated rings. The molecule has 0 aliphatic rings. The molecule has 1 N–H and O–H groups in total. The average molecular weight is 306 g/mol. The van der Waals surface area contributed by atoms with E-state index in [2.05, 4.69) is 42.2 Å². The summed E-state index contributed by atoms with van der Waals surface area (Å²) in [5.74, 6) is 0.743. The largest absolute Gasteiger partial charge is 0.492 e. The standard InChI is InChI=1S/C20H22N2O/c1-16(23-15-19-10-8-18(14-21)9-11-19)20(22-2)13-12-17-6-4-3-5-7-17/h3-11,20,22H,1,12-13,15H2,2H3. The van der Waals surface area contributed by atoms with Crippen LogP contribution in [0.25, 0.3) is 0 Å². The minimum Gasteiger partial charge on any atom is -0.492 e. The molecule has 2 aromatic rings. The third kappa shape index (κ3) is 5.28. The molecule has 0 heterocycles. The Hall–Kier alpha value is -2.57. The SMILES string of the molecule is C=C(OCc1ccc(C#N)cc1)C(CCc1ccccc1)NC. The van der Waals surface area contributed by atoms with Gasteiger partial charge in [-0.05, 0) is 43.1 Å². The fourth-order valence-electron chi connectivity index (χ4n) is 2.37. The van der Waals surface area contributed by atoms with Crippen molar-refractivity contribution in [3.8, 4) is 6.07 Å². The van der Waals surface area contributed by atoms with Gasteiger partial charge in [0.2, 0.25) is 0 Å². The minimum atomic E-state index is 0.119. The lowest BCUT2D eigenvalue weighted by Gasteiger charge is -2.19. The predicted molar refractivity (Wildman–Crippen MR) is 92.7 cm³/mol. The number of hydrogen-bond acceptors (Lipinski definition) is 3. The van der Waals surface area contributed by atoms with Crippen LogP contribution in [-0.4, -0.2) is 13.1 Å². The molecule has 23 heavy (non-hydrogen) atoms. The Kier molecular flexibility index (Phi) is 6.40. The lowest BCUT2D eigenvalue weighted by molar-refractivity contribution is 0.173. The van der Waals surface area contributed by atoms with E-state index in [0.717, 1.165) is 24.2 Å². The van der Waals surface area contributed by atoms with Crippen molar-refractivity contribution < 1.29 is 4.74 Å². The molecule has 3 heteroatoms. The first-order valence-corrected chi connectivity index (χ1v) is 7.74. The van der Waals surface area contributed by atoms with Gasteiger partial charge in [-0.3, -0.25) is 0 Å². The monoisotopic (exact) mass is 306 g/mol. The van der Waals surface area contributed by atoms with Crippen LogP contribution >= 0.6 is 0 Å². The lowest BCUT2D eigenvalue weighted by atomic mass is 10.0. The van der Waals surface area contributed by atoms with Gasteiger partial charge in [0.15, 0.2) is 0 Å². The van der Waals surface area contributed by atoms with Gasteiger partial charge in [-0.1, -0.05) is 49.0 Å². The third-order valence-electron chi connectivity index (χ3n) is 3.81. The highest BCUT2D eigenvalue weighted by Crippen LogP contribution is 2.13. The molecule has 0 aliphatic carbocycles. The van der Waals surface area contributed by atoms with E-state index >= 15 is 0 Å². The van der Waals surface area contributed by atoms with E-state index in [-0.39, 0.29) is 6.04 Å². The summed E-state index contributed by atoms with van der Waals surface area (Å²) in [6.45, 7) is 4.52. The Labute approximate surface area is 138 Å². The van der Waals surface area contributed by atoms with E-state index in [0.29, 0.717) is 12.2 Å². The van der Waals surface area contributed by atoms with Crippen LogP contribution in [0.3, 0.4) is 0 Å². The second-order valence-corrected chi connectivity index (χ2v) is 5.43. The average Bonchev–Trinajstić information content (AvgIpc) is 2.61. The Morgan fingerprint density at radius 1 is 1.13 bits per heavy atom. The zero-order valence-electron chi connectivity index (χ0n) is 13.5. The quantitative estimate of drug-likeness (QED) is 0.754. The molecule has 2 rings (SSSR count). The number of ether oxygens (including phenoxy) is 1. The van der Waals surface area contributed by atoms with Gasteiger partial charge in [0.05, 0.1) is 17.7 Å². The molecule has 1 atom stereocenters. The second-order valence-electron chi connectivity index (χ2n) is 5.43. The van der Waals surface area contributed by atoms with Crippen molar-refractivity contribution in [2.45, 2.75) is 25.5 Å². The molecule has 3 nitrogen and oxygen atoms in total. The van der Waals surface area contributed by atoms with Crippen molar-refractivity contribution in [3.63, 3.8) is 0 Å². The van der Waals surface area contributed by atoms with Gasteiger partial charge < -0.3 is 10.1 Å². The van der Waals surface area contributed by atoms with Crippen LogP contribution in [0.2, 0.25) is 0 Å². The van der Waals surface area contributed by atoms with Crippen molar-refractivity contribution in [1.29, 1.82) is 5.26 Å². The molecule has 0 saturated carbocycles. The summed E-state index contributed by atoms with van der Waals surface area (Å²) in [7, 11) is 1.92. The number of rotatable bonds is 8. The van der Waals surface area contributed by atoms with Crippen LogP contribution in [-0.2, 0) is 17.8 Å². The zero-order valence-corrected chi connectivity index (χ0v) is 13.5. The first kappa shape index (κ1) is 16.8. The lowest BCUT2D eigenvalue weighted by Crippen LogP contribution is -2.28. The van der Waals surface area contributed by atoms with Gasteiger partial charge in [0.25, 0.3) is 0 Å². The van der Waals surface area contributed by atoms with Crippen LogP contribution < -0.4 is 5.32 Å². The van der Waals surface area contributed by atoms with Crippen molar-refractivity contribution in [2.24, 2.45) is 0 Å². The molecule has 0 aliphatic heterocycles. The van der Waals surface area contributed by atoms with Crippen molar-refractivity contribution in [2.75, 3.05) is 7.05 Å². The molecule has 0 aromatic heterocycles. The van der Waals surface area contributed by atoms with Gasteiger partial charge in [0, 0.05) is 0 Å². The summed E-state index contributed by atoms with van der Waals surface area (Å²) < 4.78 is 5.80. The van der Waals surface area contributed by atoms with Crippen molar-refractivity contribution in [1.82, 2.24) is 5.32 Å². The van der Waals surface area contributed by atoms with E-state index in [9.17, 15) is 0 Å². The normalized spacial score (nSPS) is 11.5. The summed E-state index contributed by atoms with van der Waals surface area (Å²) in [6.07, 6.45) is 1.91. The smallest absolute Gasteiger partial charge is 0.113 e. The molecule has 0 radical (unpaired) electrons. The summed E-state index contributed by atoms with van der Waals surface area (Å²) in [4.78, 5) is 0. The Morgan fingerprint density at radius 3 is 2.43 bits per heavy atom. The summed E-state index contributed by atoms with van der Waals surface area (Å²) in [5, 5.41) is 12.1. The third-order valence-corrected chi connectivity index (χ3v) is 3.81. The number of benzene rings is 2. The van der Waals surface area contributed by atoms with Gasteiger partial charge in [-0.2, -0.15) is 5.26 Å². The first-order chi connectivity index (χ1) is 11.2. The topological polar surface area (TPSA) is 45.0 Å². The fraction of sp³-hybridized carbons (Fsp3) is 0.250. The van der Waals surface area contributed by atoms with E-state index in [1.54, 1.807) is 12.1 Å². The highest BCUT2D eigenvalue weighted by molar-refractivity contribution is 5.31. The second kappa shape index (κ2) is 8.77. The molecular weight excluding hydrogens is 284 g/mol. The van der Waals surface area contributed by atoms with Crippen molar-refractivity contribution >= 4 is 0 Å². The summed E-state index contributed by atoms with van der Waals surface area (Å²) in [6, 6.07) is 20.0. The van der Waals surface area contributed by atoms with Crippen LogP contribution in [0.15, 0.2) is 66.9 Å². The minimum absolute atomic E-state index is 0.119. The van der Waals surface area contributed by atoms with E-state index in [4.69, 9.17) is 10.00 Å². The van der Waals surface area contributed by atoms with Crippen LogP contribution in [0, 0.1) is 11.3 Å². The molecule has 2 aromatic carbocycles. The molecule has 118 valence electrons. The van der Waals surface area contributed by atoms with Gasteiger partial charge in [0.1, 0.15) is 12.4 Å². The predicted octanol–water partition coefficient (Wildman–Crippen LogP) is 3.81. The zero-order chi connectivity index (χ0) is 16.5. The van der Waals surface area contributed by atoms with E-state index in [1.165, 1.54) is 5.56 Å². The fourth-order valence-corrected chi connectivity index (χ4v) is 2.37. The number of likely N-dealkylation sites (N-methyl/N-ethyl adjacent to an activating group) is 1. The maximum Gasteiger partial charge on any atom is 0.113 e. The molecule has 0 bridgehead atoms. The highest BCUT2D eigenvalue weighted by atomic mass is 16.5. The molecule has 0 amide bonds. The molecular formula is C20H22N2O.